The zero-order chi connectivity index (χ0) is 11.4. The highest BCUT2D eigenvalue weighted by molar-refractivity contribution is 7.12. The first-order valence-electron chi connectivity index (χ1n) is 4.44. The molecule has 5 nitrogen and oxygen atoms in total. The molecule has 84 valence electrons. The molecule has 0 fully saturated rings. The average molecular weight is 231 g/mol. The van der Waals surface area contributed by atoms with E-state index in [-0.39, 0.29) is 17.8 Å². The number of aliphatic hydroxyl groups excluding tert-OH is 2. The highest BCUT2D eigenvalue weighted by atomic mass is 32.1. The third kappa shape index (κ3) is 3.00. The van der Waals surface area contributed by atoms with E-state index in [1.807, 2.05) is 0 Å². The van der Waals surface area contributed by atoms with Gasteiger partial charge in [0.15, 0.2) is 0 Å². The second-order valence-electron chi connectivity index (χ2n) is 3.14. The van der Waals surface area contributed by atoms with Crippen molar-refractivity contribution in [1.82, 2.24) is 0 Å². The van der Waals surface area contributed by atoms with Crippen molar-refractivity contribution in [3.8, 4) is 0 Å². The molecule has 2 unspecified atom stereocenters. The molecule has 1 aromatic rings. The third-order valence-corrected chi connectivity index (χ3v) is 2.94. The van der Waals surface area contributed by atoms with Gasteiger partial charge in [0.2, 0.25) is 0 Å². The van der Waals surface area contributed by atoms with Crippen molar-refractivity contribution in [3.63, 3.8) is 0 Å². The molecule has 0 amide bonds. The fraction of sp³-hybridized carbons (Fsp3) is 0.444. The van der Waals surface area contributed by atoms with Crippen molar-refractivity contribution in [2.45, 2.75) is 18.6 Å². The van der Waals surface area contributed by atoms with Gasteiger partial charge < -0.3 is 21.1 Å². The first kappa shape index (κ1) is 12.1. The molecule has 0 aliphatic heterocycles. The number of aromatic carboxylic acids is 1. The van der Waals surface area contributed by atoms with E-state index >= 15 is 0 Å². The smallest absolute Gasteiger partial charge is 0.345 e. The zero-order valence-corrected chi connectivity index (χ0v) is 8.78. The minimum absolute atomic E-state index is 0.143. The number of nitrogens with two attached hydrogens (primary N) is 1. The Balaban J connectivity index is 2.73. The number of carboxylic acid groups (broad SMARTS) is 1. The SMILES string of the molecule is NCCC(O)C(O)c1csc(C(=O)O)c1. The topological polar surface area (TPSA) is 104 Å². The Morgan fingerprint density at radius 2 is 2.20 bits per heavy atom. The molecule has 15 heavy (non-hydrogen) atoms. The number of carboxylic acids is 1. The maximum atomic E-state index is 10.6. The molecular formula is C9H13NO4S. The fourth-order valence-corrected chi connectivity index (χ4v) is 1.94. The largest absolute Gasteiger partial charge is 0.477 e. The first-order valence-corrected chi connectivity index (χ1v) is 5.32. The molecule has 0 saturated heterocycles. The molecule has 6 heteroatoms. The van der Waals surface area contributed by atoms with Crippen molar-refractivity contribution in [2.24, 2.45) is 5.73 Å². The molecule has 0 bridgehead atoms. The number of hydrogen-bond donors (Lipinski definition) is 4. The van der Waals surface area contributed by atoms with Gasteiger partial charge in [-0.25, -0.2) is 4.79 Å². The maximum absolute atomic E-state index is 10.6. The first-order chi connectivity index (χ1) is 7.06. The Morgan fingerprint density at radius 3 is 2.67 bits per heavy atom. The number of aliphatic hydroxyl groups is 2. The van der Waals surface area contributed by atoms with Crippen LogP contribution in [0.4, 0.5) is 0 Å². The summed E-state index contributed by atoms with van der Waals surface area (Å²) in [4.78, 5) is 10.7. The highest BCUT2D eigenvalue weighted by Crippen LogP contribution is 2.24. The Morgan fingerprint density at radius 1 is 1.53 bits per heavy atom. The van der Waals surface area contributed by atoms with Gasteiger partial charge in [0.05, 0.1) is 6.10 Å². The van der Waals surface area contributed by atoms with Crippen molar-refractivity contribution < 1.29 is 20.1 Å². The van der Waals surface area contributed by atoms with E-state index in [4.69, 9.17) is 10.8 Å². The van der Waals surface area contributed by atoms with Crippen LogP contribution in [0.1, 0.15) is 27.8 Å². The second kappa shape index (κ2) is 5.22. The molecule has 1 aromatic heterocycles. The van der Waals surface area contributed by atoms with Gasteiger partial charge in [-0.05, 0) is 30.0 Å². The number of thiophene rings is 1. The van der Waals surface area contributed by atoms with Gasteiger partial charge in [-0.1, -0.05) is 0 Å². The fourth-order valence-electron chi connectivity index (χ4n) is 1.17. The normalized spacial score (nSPS) is 14.9. The minimum atomic E-state index is -1.07. The van der Waals surface area contributed by atoms with Gasteiger partial charge in [0.25, 0.3) is 0 Å². The van der Waals surface area contributed by atoms with Crippen LogP contribution >= 0.6 is 11.3 Å². The van der Waals surface area contributed by atoms with Crippen LogP contribution in [0, 0.1) is 0 Å². The third-order valence-electron chi connectivity index (χ3n) is 2.00. The molecule has 0 radical (unpaired) electrons. The highest BCUT2D eigenvalue weighted by Gasteiger charge is 2.20. The molecule has 1 heterocycles. The quantitative estimate of drug-likeness (QED) is 0.579. The van der Waals surface area contributed by atoms with E-state index in [1.165, 1.54) is 11.4 Å². The molecule has 0 aliphatic rings. The summed E-state index contributed by atoms with van der Waals surface area (Å²) in [6, 6.07) is 1.36. The van der Waals surface area contributed by atoms with E-state index < -0.39 is 18.2 Å². The number of rotatable bonds is 5. The zero-order valence-electron chi connectivity index (χ0n) is 7.96. The van der Waals surface area contributed by atoms with Crippen molar-refractivity contribution >= 4 is 17.3 Å². The van der Waals surface area contributed by atoms with Crippen LogP contribution in [-0.4, -0.2) is 33.9 Å². The van der Waals surface area contributed by atoms with Gasteiger partial charge in [-0.3, -0.25) is 0 Å². The second-order valence-corrected chi connectivity index (χ2v) is 4.05. The van der Waals surface area contributed by atoms with Crippen LogP contribution < -0.4 is 5.73 Å². The summed E-state index contributed by atoms with van der Waals surface area (Å²) in [6.45, 7) is 0.272. The molecular weight excluding hydrogens is 218 g/mol. The summed E-state index contributed by atoms with van der Waals surface area (Å²) < 4.78 is 0. The Bertz CT molecular complexity index is 339. The van der Waals surface area contributed by atoms with E-state index in [2.05, 4.69) is 0 Å². The summed E-state index contributed by atoms with van der Waals surface area (Å²) >= 11 is 1.02. The molecule has 0 saturated carbocycles. The van der Waals surface area contributed by atoms with Crippen molar-refractivity contribution in [1.29, 1.82) is 0 Å². The molecule has 2 atom stereocenters. The van der Waals surface area contributed by atoms with E-state index in [1.54, 1.807) is 0 Å². The van der Waals surface area contributed by atoms with Crippen LogP contribution in [0.25, 0.3) is 0 Å². The van der Waals surface area contributed by atoms with Crippen molar-refractivity contribution in [2.75, 3.05) is 6.54 Å². The van der Waals surface area contributed by atoms with Crippen LogP contribution in [0.3, 0.4) is 0 Å². The van der Waals surface area contributed by atoms with E-state index in [9.17, 15) is 15.0 Å². The van der Waals surface area contributed by atoms with Crippen LogP contribution in [-0.2, 0) is 0 Å². The molecule has 0 spiro atoms. The van der Waals surface area contributed by atoms with Gasteiger partial charge >= 0.3 is 5.97 Å². The maximum Gasteiger partial charge on any atom is 0.345 e. The monoisotopic (exact) mass is 231 g/mol. The lowest BCUT2D eigenvalue weighted by molar-refractivity contribution is 0.0152. The lowest BCUT2D eigenvalue weighted by atomic mass is 10.1. The summed E-state index contributed by atoms with van der Waals surface area (Å²) in [6.07, 6.45) is -1.75. The number of carbonyl (C=O) groups is 1. The Hall–Kier alpha value is -0.950. The summed E-state index contributed by atoms with van der Waals surface area (Å²) in [5.41, 5.74) is 5.65. The predicted octanol–water partition coefficient (Wildman–Crippen LogP) is 0.189. The minimum Gasteiger partial charge on any atom is -0.477 e. The molecule has 5 N–H and O–H groups in total. The van der Waals surface area contributed by atoms with Crippen molar-refractivity contribution in [3.05, 3.63) is 21.9 Å². The summed E-state index contributed by atoms with van der Waals surface area (Å²) in [5.74, 6) is -1.04. The Kier molecular flexibility index (Phi) is 4.22. The molecule has 0 aliphatic carbocycles. The molecule has 0 aromatic carbocycles. The van der Waals surface area contributed by atoms with Gasteiger partial charge in [-0.15, -0.1) is 11.3 Å². The van der Waals surface area contributed by atoms with Crippen LogP contribution in [0.5, 0.6) is 0 Å². The van der Waals surface area contributed by atoms with Crippen LogP contribution in [0.15, 0.2) is 11.4 Å². The van der Waals surface area contributed by atoms with E-state index in [0.29, 0.717) is 5.56 Å². The van der Waals surface area contributed by atoms with Gasteiger partial charge in [-0.2, -0.15) is 0 Å². The lowest BCUT2D eigenvalue weighted by Gasteiger charge is -2.15. The van der Waals surface area contributed by atoms with Crippen LogP contribution in [0.2, 0.25) is 0 Å². The predicted molar refractivity (Wildman–Crippen MR) is 55.9 cm³/mol. The Labute approximate surface area is 90.8 Å². The van der Waals surface area contributed by atoms with Gasteiger partial charge in [0, 0.05) is 0 Å². The van der Waals surface area contributed by atoms with E-state index in [0.717, 1.165) is 11.3 Å². The molecule has 1 rings (SSSR count). The lowest BCUT2D eigenvalue weighted by Crippen LogP contribution is -2.21. The summed E-state index contributed by atoms with van der Waals surface area (Å²) in [5, 5.41) is 29.3. The standard InChI is InChI=1S/C9H13NO4S/c10-2-1-6(11)8(12)5-3-7(9(13)14)15-4-5/h3-4,6,8,11-12H,1-2,10H2,(H,13,14). The average Bonchev–Trinajstić information content (AvgIpc) is 2.65. The summed E-state index contributed by atoms with van der Waals surface area (Å²) in [7, 11) is 0. The van der Waals surface area contributed by atoms with Gasteiger partial charge in [0.1, 0.15) is 11.0 Å². The number of hydrogen-bond acceptors (Lipinski definition) is 5.